The Kier molecular flexibility index (Phi) is 5.96. The van der Waals surface area contributed by atoms with E-state index in [0.29, 0.717) is 15.7 Å². The lowest BCUT2D eigenvalue weighted by Gasteiger charge is -2.34. The van der Waals surface area contributed by atoms with Gasteiger partial charge < -0.3 is 4.90 Å². The van der Waals surface area contributed by atoms with E-state index in [1.165, 1.54) is 4.31 Å². The molecule has 0 bridgehead atoms. The number of carbonyl (C=O) groups is 3. The van der Waals surface area contributed by atoms with E-state index in [1.807, 2.05) is 0 Å². The van der Waals surface area contributed by atoms with Crippen LogP contribution in [0.25, 0.3) is 0 Å². The number of hydrogen-bond acceptors (Lipinski definition) is 5. The minimum absolute atomic E-state index is 0.199. The smallest absolute Gasteiger partial charge is 0.253 e. The second-order valence-electron chi connectivity index (χ2n) is 7.30. The van der Waals surface area contributed by atoms with Crippen molar-refractivity contribution in [1.29, 1.82) is 0 Å². The van der Waals surface area contributed by atoms with Crippen molar-refractivity contribution >= 4 is 49.4 Å². The second kappa shape index (κ2) is 8.52. The normalized spacial score (nSPS) is 18.0. The first-order valence-corrected chi connectivity index (χ1v) is 12.0. The predicted octanol–water partition coefficient (Wildman–Crippen LogP) is 2.25. The van der Waals surface area contributed by atoms with E-state index in [0.717, 1.165) is 4.90 Å². The zero-order valence-corrected chi connectivity index (χ0v) is 18.9. The van der Waals surface area contributed by atoms with Gasteiger partial charge in [0.2, 0.25) is 21.8 Å². The van der Waals surface area contributed by atoms with Crippen molar-refractivity contribution in [2.75, 3.05) is 31.1 Å². The fourth-order valence-electron chi connectivity index (χ4n) is 3.72. The Balaban J connectivity index is 1.42. The number of benzene rings is 2. The van der Waals surface area contributed by atoms with Gasteiger partial charge in [-0.3, -0.25) is 19.3 Å². The molecule has 0 spiro atoms. The Labute approximate surface area is 188 Å². The number of halogens is 1. The Morgan fingerprint density at radius 2 is 1.42 bits per heavy atom. The van der Waals surface area contributed by atoms with E-state index >= 15 is 0 Å². The summed E-state index contributed by atoms with van der Waals surface area (Å²) in [6.07, 6.45) is 0.401. The molecule has 10 heteroatoms. The molecule has 162 valence electrons. The molecule has 2 aromatic rings. The lowest BCUT2D eigenvalue weighted by atomic mass is 10.1. The summed E-state index contributed by atoms with van der Waals surface area (Å²) in [6.45, 7) is 0.940. The Bertz CT molecular complexity index is 1130. The molecule has 2 aliphatic heterocycles. The number of sulfonamides is 1. The quantitative estimate of drug-likeness (QED) is 0.593. The van der Waals surface area contributed by atoms with Gasteiger partial charge in [-0.15, -0.1) is 0 Å². The molecule has 2 fully saturated rings. The first-order valence-electron chi connectivity index (χ1n) is 9.79. The minimum atomic E-state index is -3.65. The lowest BCUT2D eigenvalue weighted by Crippen LogP contribution is -2.50. The highest BCUT2D eigenvalue weighted by atomic mass is 79.9. The largest absolute Gasteiger partial charge is 0.336 e. The Morgan fingerprint density at radius 3 is 2.00 bits per heavy atom. The van der Waals surface area contributed by atoms with Crippen LogP contribution in [0.3, 0.4) is 0 Å². The van der Waals surface area contributed by atoms with Crippen LogP contribution in [0.1, 0.15) is 23.2 Å². The number of carbonyl (C=O) groups excluding carboxylic acids is 3. The maximum Gasteiger partial charge on any atom is 0.253 e. The van der Waals surface area contributed by atoms with Crippen molar-refractivity contribution in [2.45, 2.75) is 17.7 Å². The zero-order valence-electron chi connectivity index (χ0n) is 16.5. The third kappa shape index (κ3) is 4.15. The molecule has 2 aromatic carbocycles. The minimum Gasteiger partial charge on any atom is -0.336 e. The molecule has 0 N–H and O–H groups in total. The molecule has 0 aromatic heterocycles. The van der Waals surface area contributed by atoms with Gasteiger partial charge in [-0.05, 0) is 52.3 Å². The van der Waals surface area contributed by atoms with Crippen molar-refractivity contribution < 1.29 is 22.8 Å². The molecule has 8 nitrogen and oxygen atoms in total. The maximum atomic E-state index is 12.9. The number of nitrogens with zero attached hydrogens (tertiary/aromatic N) is 3. The van der Waals surface area contributed by atoms with E-state index in [4.69, 9.17) is 0 Å². The fraction of sp³-hybridized carbons (Fsp3) is 0.286. The van der Waals surface area contributed by atoms with Crippen LogP contribution in [0.2, 0.25) is 0 Å². The first kappa shape index (κ1) is 21.7. The molecule has 0 unspecified atom stereocenters. The van der Waals surface area contributed by atoms with Gasteiger partial charge >= 0.3 is 0 Å². The molecule has 0 saturated carbocycles. The van der Waals surface area contributed by atoms with Gasteiger partial charge in [0, 0.05) is 49.1 Å². The zero-order chi connectivity index (χ0) is 22.2. The molecular weight excluding hydrogens is 486 g/mol. The molecular formula is C21H20BrN3O5S. The lowest BCUT2D eigenvalue weighted by molar-refractivity contribution is -0.121. The monoisotopic (exact) mass is 505 g/mol. The van der Waals surface area contributed by atoms with E-state index in [9.17, 15) is 22.8 Å². The van der Waals surface area contributed by atoms with Crippen LogP contribution in [0.15, 0.2) is 57.9 Å². The highest BCUT2D eigenvalue weighted by Gasteiger charge is 2.32. The number of amides is 3. The van der Waals surface area contributed by atoms with E-state index in [2.05, 4.69) is 15.9 Å². The van der Waals surface area contributed by atoms with E-state index < -0.39 is 10.0 Å². The Hall–Kier alpha value is -2.56. The van der Waals surface area contributed by atoms with E-state index in [-0.39, 0.29) is 61.6 Å². The molecule has 0 radical (unpaired) electrons. The predicted molar refractivity (Wildman–Crippen MR) is 117 cm³/mol. The van der Waals surface area contributed by atoms with Crippen LogP contribution in [-0.4, -0.2) is 61.5 Å². The topological polar surface area (TPSA) is 95.1 Å². The SMILES string of the molecule is O=C(c1ccc(N2C(=O)CCC2=O)cc1)N1CCN(S(=O)(=O)c2ccccc2Br)CC1. The summed E-state index contributed by atoms with van der Waals surface area (Å²) < 4.78 is 27.7. The number of rotatable bonds is 4. The van der Waals surface area contributed by atoms with Gasteiger partial charge in [-0.1, -0.05) is 12.1 Å². The van der Waals surface area contributed by atoms with Crippen LogP contribution < -0.4 is 4.90 Å². The van der Waals surface area contributed by atoms with Crippen molar-refractivity contribution in [1.82, 2.24) is 9.21 Å². The molecule has 3 amide bonds. The molecule has 2 saturated heterocycles. The summed E-state index contributed by atoms with van der Waals surface area (Å²) in [5.41, 5.74) is 0.873. The fourth-order valence-corrected chi connectivity index (χ4v) is 6.11. The summed E-state index contributed by atoms with van der Waals surface area (Å²) >= 11 is 3.29. The van der Waals surface area contributed by atoms with Gasteiger partial charge in [0.25, 0.3) is 5.91 Å². The second-order valence-corrected chi connectivity index (χ2v) is 10.1. The average molecular weight is 506 g/mol. The summed E-state index contributed by atoms with van der Waals surface area (Å²) in [6, 6.07) is 13.0. The summed E-state index contributed by atoms with van der Waals surface area (Å²) in [7, 11) is -3.65. The van der Waals surface area contributed by atoms with Crippen LogP contribution in [-0.2, 0) is 19.6 Å². The average Bonchev–Trinajstić information content (AvgIpc) is 3.11. The van der Waals surface area contributed by atoms with Crippen LogP contribution >= 0.6 is 15.9 Å². The van der Waals surface area contributed by atoms with Gasteiger partial charge in [0.15, 0.2) is 0 Å². The van der Waals surface area contributed by atoms with Crippen LogP contribution in [0, 0.1) is 0 Å². The molecule has 0 aliphatic carbocycles. The van der Waals surface area contributed by atoms with Crippen LogP contribution in [0.4, 0.5) is 5.69 Å². The molecule has 4 rings (SSSR count). The molecule has 0 atom stereocenters. The van der Waals surface area contributed by atoms with Crippen molar-refractivity contribution in [3.63, 3.8) is 0 Å². The number of anilines is 1. The summed E-state index contributed by atoms with van der Waals surface area (Å²) in [4.78, 5) is 39.5. The number of imide groups is 1. The summed E-state index contributed by atoms with van der Waals surface area (Å²) in [5, 5.41) is 0. The van der Waals surface area contributed by atoms with Gasteiger partial charge in [0.1, 0.15) is 0 Å². The standard InChI is InChI=1S/C21H20BrN3O5S/c22-17-3-1-2-4-18(17)31(29,30)24-13-11-23(12-14-24)21(28)15-5-7-16(8-6-15)25-19(26)9-10-20(25)27/h1-8H,9-14H2. The van der Waals surface area contributed by atoms with E-state index in [1.54, 1.807) is 53.4 Å². The molecule has 2 heterocycles. The van der Waals surface area contributed by atoms with Gasteiger partial charge in [0.05, 0.1) is 10.6 Å². The first-order chi connectivity index (χ1) is 14.8. The van der Waals surface area contributed by atoms with Gasteiger partial charge in [-0.2, -0.15) is 4.31 Å². The molecule has 31 heavy (non-hydrogen) atoms. The maximum absolute atomic E-state index is 12.9. The Morgan fingerprint density at radius 1 is 0.839 bits per heavy atom. The van der Waals surface area contributed by atoms with Crippen LogP contribution in [0.5, 0.6) is 0 Å². The molecule has 2 aliphatic rings. The summed E-state index contributed by atoms with van der Waals surface area (Å²) in [5.74, 6) is -0.707. The highest BCUT2D eigenvalue weighted by Crippen LogP contribution is 2.26. The third-order valence-corrected chi connectivity index (χ3v) is 8.32. The number of hydrogen-bond donors (Lipinski definition) is 0. The third-order valence-electron chi connectivity index (χ3n) is 5.40. The van der Waals surface area contributed by atoms with Gasteiger partial charge in [-0.25, -0.2) is 8.42 Å². The number of piperazine rings is 1. The highest BCUT2D eigenvalue weighted by molar-refractivity contribution is 9.10. The van der Waals surface area contributed by atoms with Crippen molar-refractivity contribution in [3.8, 4) is 0 Å². The van der Waals surface area contributed by atoms with Crippen molar-refractivity contribution in [2.24, 2.45) is 0 Å². The van der Waals surface area contributed by atoms with Crippen molar-refractivity contribution in [3.05, 3.63) is 58.6 Å².